The molecule has 0 spiro atoms. The molecule has 2 unspecified atom stereocenters. The zero-order valence-electron chi connectivity index (χ0n) is 14.9. The zero-order chi connectivity index (χ0) is 16.7. The van der Waals surface area contributed by atoms with Crippen molar-refractivity contribution in [1.82, 2.24) is 10.6 Å². The van der Waals surface area contributed by atoms with E-state index in [1.165, 1.54) is 24.0 Å². The van der Waals surface area contributed by atoms with Gasteiger partial charge in [-0.25, -0.2) is 0 Å². The molecular weight excluding hydrogens is 284 g/mol. The molecule has 0 aromatic heterocycles. The summed E-state index contributed by atoms with van der Waals surface area (Å²) >= 11 is 0. The van der Waals surface area contributed by atoms with E-state index < -0.39 is 0 Å². The average molecular weight is 316 g/mol. The van der Waals surface area contributed by atoms with Crippen molar-refractivity contribution in [3.05, 3.63) is 35.4 Å². The lowest BCUT2D eigenvalue weighted by atomic mass is 9.94. The third-order valence-corrected chi connectivity index (χ3v) is 4.94. The highest BCUT2D eigenvalue weighted by Crippen LogP contribution is 2.22. The van der Waals surface area contributed by atoms with Crippen LogP contribution in [-0.4, -0.2) is 25.5 Å². The maximum absolute atomic E-state index is 12.1. The van der Waals surface area contributed by atoms with Crippen molar-refractivity contribution in [3.8, 4) is 0 Å². The van der Waals surface area contributed by atoms with Crippen LogP contribution in [0, 0.1) is 5.92 Å². The van der Waals surface area contributed by atoms with Gasteiger partial charge in [-0.15, -0.1) is 0 Å². The number of hydrogen-bond acceptors (Lipinski definition) is 2. The van der Waals surface area contributed by atoms with Crippen molar-refractivity contribution in [1.29, 1.82) is 0 Å². The Morgan fingerprint density at radius 2 is 1.91 bits per heavy atom. The molecule has 1 saturated heterocycles. The first-order valence-electron chi connectivity index (χ1n) is 9.13. The first-order valence-corrected chi connectivity index (χ1v) is 9.13. The molecule has 2 N–H and O–H groups in total. The van der Waals surface area contributed by atoms with E-state index in [0.29, 0.717) is 12.3 Å². The second kappa shape index (κ2) is 9.07. The topological polar surface area (TPSA) is 41.1 Å². The van der Waals surface area contributed by atoms with Crippen LogP contribution >= 0.6 is 0 Å². The first kappa shape index (κ1) is 18.0. The Morgan fingerprint density at radius 3 is 2.52 bits per heavy atom. The van der Waals surface area contributed by atoms with Crippen LogP contribution in [0.5, 0.6) is 0 Å². The van der Waals surface area contributed by atoms with E-state index in [0.717, 1.165) is 32.0 Å². The third kappa shape index (κ3) is 5.98. The fraction of sp³-hybridized carbons (Fsp3) is 0.650. The summed E-state index contributed by atoms with van der Waals surface area (Å²) in [4.78, 5) is 12.1. The van der Waals surface area contributed by atoms with Crippen LogP contribution in [0.4, 0.5) is 0 Å². The molecule has 128 valence electrons. The number of rotatable bonds is 7. The third-order valence-electron chi connectivity index (χ3n) is 4.94. The van der Waals surface area contributed by atoms with E-state index in [4.69, 9.17) is 0 Å². The molecular formula is C20H32N2O. The fourth-order valence-electron chi connectivity index (χ4n) is 3.26. The standard InChI is InChI=1S/C20H32N2O/c1-15(2)18-6-8-19(9-7-18)16(3)13-20(23)22-12-10-17-5-4-11-21-14-17/h6-9,15-17,21H,4-5,10-14H2,1-3H3,(H,22,23). The van der Waals surface area contributed by atoms with Crippen LogP contribution in [-0.2, 0) is 4.79 Å². The van der Waals surface area contributed by atoms with Gasteiger partial charge < -0.3 is 10.6 Å². The van der Waals surface area contributed by atoms with Gasteiger partial charge in [0, 0.05) is 13.0 Å². The molecule has 1 aliphatic heterocycles. The number of carbonyl (C=O) groups excluding carboxylic acids is 1. The minimum atomic E-state index is 0.175. The van der Waals surface area contributed by atoms with Crippen LogP contribution in [0.2, 0.25) is 0 Å². The number of nitrogens with one attached hydrogen (secondary N) is 2. The van der Waals surface area contributed by atoms with E-state index in [1.807, 2.05) is 0 Å². The number of hydrogen-bond donors (Lipinski definition) is 2. The lowest BCUT2D eigenvalue weighted by Crippen LogP contribution is -2.33. The maximum atomic E-state index is 12.1. The summed E-state index contributed by atoms with van der Waals surface area (Å²) in [6.45, 7) is 9.60. The summed E-state index contributed by atoms with van der Waals surface area (Å²) in [5.74, 6) is 1.73. The molecule has 0 radical (unpaired) electrons. The Morgan fingerprint density at radius 1 is 1.22 bits per heavy atom. The summed E-state index contributed by atoms with van der Waals surface area (Å²) in [5, 5.41) is 6.52. The second-order valence-electron chi connectivity index (χ2n) is 7.28. The molecule has 0 aliphatic carbocycles. The van der Waals surface area contributed by atoms with E-state index in [-0.39, 0.29) is 11.8 Å². The molecule has 3 nitrogen and oxygen atoms in total. The summed E-state index contributed by atoms with van der Waals surface area (Å²) in [7, 11) is 0. The molecule has 23 heavy (non-hydrogen) atoms. The molecule has 1 fully saturated rings. The Hall–Kier alpha value is -1.35. The van der Waals surface area contributed by atoms with Gasteiger partial charge in [0.1, 0.15) is 0 Å². The van der Waals surface area contributed by atoms with Crippen molar-refractivity contribution >= 4 is 5.91 Å². The van der Waals surface area contributed by atoms with Crippen molar-refractivity contribution in [2.24, 2.45) is 5.92 Å². The van der Waals surface area contributed by atoms with Gasteiger partial charge in [0.25, 0.3) is 0 Å². The summed E-state index contributed by atoms with van der Waals surface area (Å²) in [6.07, 6.45) is 4.23. The molecule has 1 aromatic rings. The predicted molar refractivity (Wildman–Crippen MR) is 96.8 cm³/mol. The lowest BCUT2D eigenvalue weighted by molar-refractivity contribution is -0.121. The molecule has 0 bridgehead atoms. The Bertz CT molecular complexity index is 475. The average Bonchev–Trinajstić information content (AvgIpc) is 2.56. The highest BCUT2D eigenvalue weighted by molar-refractivity contribution is 5.76. The molecule has 1 aliphatic rings. The largest absolute Gasteiger partial charge is 0.356 e. The lowest BCUT2D eigenvalue weighted by Gasteiger charge is -2.22. The summed E-state index contributed by atoms with van der Waals surface area (Å²) in [6, 6.07) is 8.71. The maximum Gasteiger partial charge on any atom is 0.220 e. The van der Waals surface area contributed by atoms with E-state index in [2.05, 4.69) is 55.7 Å². The van der Waals surface area contributed by atoms with Crippen molar-refractivity contribution in [2.45, 2.75) is 58.3 Å². The van der Waals surface area contributed by atoms with Gasteiger partial charge >= 0.3 is 0 Å². The van der Waals surface area contributed by atoms with Crippen LogP contribution in [0.15, 0.2) is 24.3 Å². The smallest absolute Gasteiger partial charge is 0.220 e. The molecule has 0 saturated carbocycles. The number of piperidine rings is 1. The van der Waals surface area contributed by atoms with Gasteiger partial charge in [0.15, 0.2) is 0 Å². The van der Waals surface area contributed by atoms with Crippen molar-refractivity contribution in [2.75, 3.05) is 19.6 Å². The SMILES string of the molecule is CC(C)c1ccc(C(C)CC(=O)NCCC2CCCNC2)cc1. The first-order chi connectivity index (χ1) is 11.1. The minimum Gasteiger partial charge on any atom is -0.356 e. The normalized spacial score (nSPS) is 19.6. The zero-order valence-corrected chi connectivity index (χ0v) is 14.9. The second-order valence-corrected chi connectivity index (χ2v) is 7.28. The van der Waals surface area contributed by atoms with E-state index in [9.17, 15) is 4.79 Å². The van der Waals surface area contributed by atoms with Crippen LogP contribution in [0.3, 0.4) is 0 Å². The molecule has 3 heteroatoms. The highest BCUT2D eigenvalue weighted by Gasteiger charge is 2.14. The van der Waals surface area contributed by atoms with Crippen LogP contribution in [0.1, 0.15) is 69.4 Å². The number of amides is 1. The monoisotopic (exact) mass is 316 g/mol. The van der Waals surface area contributed by atoms with Crippen molar-refractivity contribution < 1.29 is 4.79 Å². The number of benzene rings is 1. The number of carbonyl (C=O) groups is 1. The minimum absolute atomic E-state index is 0.175. The van der Waals surface area contributed by atoms with Gasteiger partial charge in [-0.1, -0.05) is 45.0 Å². The molecule has 1 aromatic carbocycles. The van der Waals surface area contributed by atoms with E-state index >= 15 is 0 Å². The van der Waals surface area contributed by atoms with Gasteiger partial charge in [-0.2, -0.15) is 0 Å². The van der Waals surface area contributed by atoms with Gasteiger partial charge in [0.2, 0.25) is 5.91 Å². The summed E-state index contributed by atoms with van der Waals surface area (Å²) < 4.78 is 0. The Labute approximate surface area is 141 Å². The van der Waals surface area contributed by atoms with Crippen molar-refractivity contribution in [3.63, 3.8) is 0 Å². The van der Waals surface area contributed by atoms with Crippen LogP contribution < -0.4 is 10.6 Å². The fourth-order valence-corrected chi connectivity index (χ4v) is 3.26. The van der Waals surface area contributed by atoms with Gasteiger partial charge in [-0.05, 0) is 61.2 Å². The molecule has 2 rings (SSSR count). The van der Waals surface area contributed by atoms with E-state index in [1.54, 1.807) is 0 Å². The van der Waals surface area contributed by atoms with Gasteiger partial charge in [-0.3, -0.25) is 4.79 Å². The summed E-state index contributed by atoms with van der Waals surface area (Å²) in [5.41, 5.74) is 2.60. The molecule has 1 amide bonds. The highest BCUT2D eigenvalue weighted by atomic mass is 16.1. The van der Waals surface area contributed by atoms with Crippen LogP contribution in [0.25, 0.3) is 0 Å². The van der Waals surface area contributed by atoms with Gasteiger partial charge in [0.05, 0.1) is 0 Å². The Kier molecular flexibility index (Phi) is 7.10. The quantitative estimate of drug-likeness (QED) is 0.803. The molecule has 2 atom stereocenters. The molecule has 1 heterocycles. The predicted octanol–water partition coefficient (Wildman–Crippen LogP) is 3.81. The Balaban J connectivity index is 1.71.